The second-order valence-electron chi connectivity index (χ2n) is 8.41. The standard InChI is InChI=1S/C27H26BrN3O3S/c1-17-7-9-18(10-8-17)24-14-12-21(34-24)16-29-26(33)22-13-11-20(28)15-23(22)30-27(35)31-25(32)19-5-3-2-4-6-19/h2-11,13,15,21,24H,12,14,16H2,1H3,(H,29,33)(H2,30,31,32,35). The van der Waals surface area contributed by atoms with Gasteiger partial charge in [0.1, 0.15) is 0 Å². The zero-order chi connectivity index (χ0) is 24.8. The molecule has 0 bridgehead atoms. The Morgan fingerprint density at radius 1 is 1.00 bits per heavy atom. The number of hydrogen-bond acceptors (Lipinski definition) is 4. The first kappa shape index (κ1) is 25.0. The minimum absolute atomic E-state index is 0.0491. The number of ether oxygens (including phenoxy) is 1. The predicted molar refractivity (Wildman–Crippen MR) is 145 cm³/mol. The molecule has 3 aromatic carbocycles. The fourth-order valence-electron chi connectivity index (χ4n) is 3.92. The third kappa shape index (κ3) is 6.75. The van der Waals surface area contributed by atoms with Gasteiger partial charge in [-0.1, -0.05) is 64.0 Å². The summed E-state index contributed by atoms with van der Waals surface area (Å²) in [5.74, 6) is -0.579. The van der Waals surface area contributed by atoms with Gasteiger partial charge in [0.15, 0.2) is 5.11 Å². The monoisotopic (exact) mass is 551 g/mol. The van der Waals surface area contributed by atoms with E-state index >= 15 is 0 Å². The minimum atomic E-state index is -0.328. The molecule has 0 aliphatic carbocycles. The number of aryl methyl sites for hydroxylation is 1. The van der Waals surface area contributed by atoms with Gasteiger partial charge in [-0.3, -0.25) is 14.9 Å². The van der Waals surface area contributed by atoms with Gasteiger partial charge in [-0.15, -0.1) is 0 Å². The van der Waals surface area contributed by atoms with Crippen LogP contribution in [0.4, 0.5) is 5.69 Å². The van der Waals surface area contributed by atoms with Crippen LogP contribution in [0.3, 0.4) is 0 Å². The van der Waals surface area contributed by atoms with E-state index in [0.29, 0.717) is 23.4 Å². The Morgan fingerprint density at radius 2 is 1.74 bits per heavy atom. The lowest BCUT2D eigenvalue weighted by Gasteiger charge is -2.17. The zero-order valence-corrected chi connectivity index (χ0v) is 21.6. The number of rotatable bonds is 6. The highest BCUT2D eigenvalue weighted by molar-refractivity contribution is 9.10. The second kappa shape index (κ2) is 11.6. The van der Waals surface area contributed by atoms with Crippen molar-refractivity contribution in [1.82, 2.24) is 10.6 Å². The van der Waals surface area contributed by atoms with Gasteiger partial charge in [0.2, 0.25) is 0 Å². The molecule has 1 fully saturated rings. The first-order valence-corrected chi connectivity index (χ1v) is 12.6. The zero-order valence-electron chi connectivity index (χ0n) is 19.2. The average molecular weight is 552 g/mol. The van der Waals surface area contributed by atoms with E-state index in [0.717, 1.165) is 22.9 Å². The number of anilines is 1. The van der Waals surface area contributed by atoms with Crippen molar-refractivity contribution in [1.29, 1.82) is 0 Å². The number of thiocarbonyl (C=S) groups is 1. The third-order valence-corrected chi connectivity index (χ3v) is 6.48. The molecule has 2 amide bonds. The van der Waals surface area contributed by atoms with E-state index in [1.165, 1.54) is 5.56 Å². The maximum absolute atomic E-state index is 13.0. The van der Waals surface area contributed by atoms with E-state index < -0.39 is 0 Å². The normalized spacial score (nSPS) is 17.0. The van der Waals surface area contributed by atoms with Gasteiger partial charge in [-0.2, -0.15) is 0 Å². The van der Waals surface area contributed by atoms with E-state index in [1.54, 1.807) is 42.5 Å². The highest BCUT2D eigenvalue weighted by Crippen LogP contribution is 2.32. The molecule has 0 spiro atoms. The largest absolute Gasteiger partial charge is 0.368 e. The van der Waals surface area contributed by atoms with E-state index in [9.17, 15) is 9.59 Å². The molecule has 1 heterocycles. The molecule has 0 saturated carbocycles. The van der Waals surface area contributed by atoms with Gasteiger partial charge >= 0.3 is 0 Å². The molecule has 1 aliphatic rings. The van der Waals surface area contributed by atoms with Crippen LogP contribution in [0.5, 0.6) is 0 Å². The Labute approximate surface area is 218 Å². The topological polar surface area (TPSA) is 79.5 Å². The number of halogens is 1. The number of carbonyl (C=O) groups excluding carboxylic acids is 2. The molecule has 3 aromatic rings. The maximum atomic E-state index is 13.0. The summed E-state index contributed by atoms with van der Waals surface area (Å²) in [6, 6.07) is 22.4. The quantitative estimate of drug-likeness (QED) is 0.351. The smallest absolute Gasteiger partial charge is 0.257 e. The number of hydrogen-bond donors (Lipinski definition) is 3. The van der Waals surface area contributed by atoms with Crippen molar-refractivity contribution < 1.29 is 14.3 Å². The predicted octanol–water partition coefficient (Wildman–Crippen LogP) is 5.53. The third-order valence-electron chi connectivity index (χ3n) is 5.78. The summed E-state index contributed by atoms with van der Waals surface area (Å²) in [5, 5.41) is 8.69. The van der Waals surface area contributed by atoms with Crippen molar-refractivity contribution in [3.8, 4) is 0 Å². The molecular weight excluding hydrogens is 526 g/mol. The summed E-state index contributed by atoms with van der Waals surface area (Å²) in [4.78, 5) is 25.4. The summed E-state index contributed by atoms with van der Waals surface area (Å²) >= 11 is 8.74. The molecule has 8 heteroatoms. The lowest BCUT2D eigenvalue weighted by atomic mass is 10.0. The Morgan fingerprint density at radius 3 is 2.49 bits per heavy atom. The summed E-state index contributed by atoms with van der Waals surface area (Å²) in [7, 11) is 0. The molecule has 4 rings (SSSR count). The number of nitrogens with one attached hydrogen (secondary N) is 3. The van der Waals surface area contributed by atoms with Gasteiger partial charge in [0, 0.05) is 16.6 Å². The summed E-state index contributed by atoms with van der Waals surface area (Å²) in [6.07, 6.45) is 1.79. The molecule has 1 saturated heterocycles. The Balaban J connectivity index is 1.34. The van der Waals surface area contributed by atoms with Crippen molar-refractivity contribution in [2.24, 2.45) is 0 Å². The SMILES string of the molecule is Cc1ccc(C2CCC(CNC(=O)c3ccc(Br)cc3NC(=S)NC(=O)c3ccccc3)O2)cc1. The first-order valence-electron chi connectivity index (χ1n) is 11.4. The lowest BCUT2D eigenvalue weighted by Crippen LogP contribution is -2.36. The second-order valence-corrected chi connectivity index (χ2v) is 9.73. The van der Waals surface area contributed by atoms with Crippen LogP contribution < -0.4 is 16.0 Å². The van der Waals surface area contributed by atoms with Crippen molar-refractivity contribution in [2.75, 3.05) is 11.9 Å². The maximum Gasteiger partial charge on any atom is 0.257 e. The van der Waals surface area contributed by atoms with Gasteiger partial charge in [-0.25, -0.2) is 0 Å². The van der Waals surface area contributed by atoms with Crippen LogP contribution in [-0.4, -0.2) is 29.6 Å². The van der Waals surface area contributed by atoms with Crippen LogP contribution in [-0.2, 0) is 4.74 Å². The van der Waals surface area contributed by atoms with Crippen LogP contribution in [0.2, 0.25) is 0 Å². The molecule has 2 atom stereocenters. The van der Waals surface area contributed by atoms with Gasteiger partial charge in [-0.05, 0) is 67.9 Å². The van der Waals surface area contributed by atoms with Gasteiger partial charge < -0.3 is 15.4 Å². The number of benzene rings is 3. The summed E-state index contributed by atoms with van der Waals surface area (Å²) in [6.45, 7) is 2.47. The van der Waals surface area contributed by atoms with Crippen LogP contribution >= 0.6 is 28.1 Å². The van der Waals surface area contributed by atoms with Crippen molar-refractivity contribution >= 4 is 50.8 Å². The number of amides is 2. The molecule has 0 radical (unpaired) electrons. The van der Waals surface area contributed by atoms with Crippen molar-refractivity contribution in [3.63, 3.8) is 0 Å². The summed E-state index contributed by atoms with van der Waals surface area (Å²) < 4.78 is 6.94. The Hall–Kier alpha value is -3.07. The fraction of sp³-hybridized carbons (Fsp3) is 0.222. The van der Waals surface area contributed by atoms with Crippen LogP contribution in [0.25, 0.3) is 0 Å². The van der Waals surface area contributed by atoms with E-state index in [-0.39, 0.29) is 29.1 Å². The molecule has 3 N–H and O–H groups in total. The Bertz CT molecular complexity index is 1220. The van der Waals surface area contributed by atoms with E-state index in [2.05, 4.69) is 63.1 Å². The van der Waals surface area contributed by atoms with E-state index in [4.69, 9.17) is 17.0 Å². The molecule has 2 unspecified atom stereocenters. The molecule has 1 aliphatic heterocycles. The van der Waals surface area contributed by atoms with Crippen LogP contribution in [0.1, 0.15) is 50.8 Å². The Kier molecular flexibility index (Phi) is 8.28. The minimum Gasteiger partial charge on any atom is -0.368 e. The molecule has 0 aromatic heterocycles. The highest BCUT2D eigenvalue weighted by Gasteiger charge is 2.27. The molecule has 6 nitrogen and oxygen atoms in total. The van der Waals surface area contributed by atoms with Crippen LogP contribution in [0.15, 0.2) is 77.3 Å². The molecule has 180 valence electrons. The van der Waals surface area contributed by atoms with Crippen molar-refractivity contribution in [2.45, 2.75) is 32.0 Å². The van der Waals surface area contributed by atoms with Gasteiger partial charge in [0.05, 0.1) is 23.5 Å². The van der Waals surface area contributed by atoms with Crippen LogP contribution in [0, 0.1) is 6.92 Å². The fourth-order valence-corrected chi connectivity index (χ4v) is 4.48. The lowest BCUT2D eigenvalue weighted by molar-refractivity contribution is 0.0436. The number of carbonyl (C=O) groups is 2. The molecular formula is C27H26BrN3O3S. The van der Waals surface area contributed by atoms with E-state index in [1.807, 2.05) is 6.07 Å². The highest BCUT2D eigenvalue weighted by atomic mass is 79.9. The van der Waals surface area contributed by atoms with Gasteiger partial charge in [0.25, 0.3) is 11.8 Å². The van der Waals surface area contributed by atoms with Crippen molar-refractivity contribution in [3.05, 3.63) is 99.5 Å². The first-order chi connectivity index (χ1) is 16.9. The summed E-state index contributed by atoms with van der Waals surface area (Å²) in [5.41, 5.74) is 3.77. The average Bonchev–Trinajstić information content (AvgIpc) is 3.32. The molecule has 35 heavy (non-hydrogen) atoms.